The zero-order valence-corrected chi connectivity index (χ0v) is 12.1. The smallest absolute Gasteiger partial charge is 0.216 e. The molecule has 1 saturated carbocycles. The molecule has 1 aromatic rings. The fourth-order valence-electron chi connectivity index (χ4n) is 2.70. The minimum Gasteiger partial charge on any atom is -0.330 e. The number of nitrogens with two attached hydrogens (primary N) is 1. The second kappa shape index (κ2) is 6.35. The zero-order chi connectivity index (χ0) is 14.6. The first-order valence-corrected chi connectivity index (χ1v) is 8.38. The van der Waals surface area contributed by atoms with Gasteiger partial charge in [-0.2, -0.15) is 5.26 Å². The van der Waals surface area contributed by atoms with Crippen molar-refractivity contribution in [3.63, 3.8) is 0 Å². The Morgan fingerprint density at radius 3 is 2.90 bits per heavy atom. The minimum atomic E-state index is -3.40. The van der Waals surface area contributed by atoms with Crippen molar-refractivity contribution in [3.8, 4) is 6.07 Å². The first-order chi connectivity index (χ1) is 9.54. The molecule has 6 heteroatoms. The summed E-state index contributed by atoms with van der Waals surface area (Å²) in [4.78, 5) is 0. The van der Waals surface area contributed by atoms with Crippen LogP contribution >= 0.6 is 0 Å². The molecule has 5 nitrogen and oxygen atoms in total. The summed E-state index contributed by atoms with van der Waals surface area (Å²) in [5.74, 6) is 0.131. The van der Waals surface area contributed by atoms with Gasteiger partial charge in [-0.25, -0.2) is 13.1 Å². The molecule has 2 unspecified atom stereocenters. The van der Waals surface area contributed by atoms with Gasteiger partial charge in [0.15, 0.2) is 0 Å². The molecule has 0 saturated heterocycles. The molecule has 1 fully saturated rings. The second-order valence-electron chi connectivity index (χ2n) is 5.22. The molecule has 0 aromatic heterocycles. The molecular weight excluding hydrogens is 274 g/mol. The van der Waals surface area contributed by atoms with Gasteiger partial charge in [0.1, 0.15) is 0 Å². The first kappa shape index (κ1) is 15.0. The summed E-state index contributed by atoms with van der Waals surface area (Å²) in [6, 6.07) is 8.64. The molecule has 0 heterocycles. The maximum atomic E-state index is 12.2. The van der Waals surface area contributed by atoms with E-state index in [4.69, 9.17) is 11.0 Å². The Labute approximate surface area is 119 Å². The maximum Gasteiger partial charge on any atom is 0.216 e. The van der Waals surface area contributed by atoms with Gasteiger partial charge < -0.3 is 5.73 Å². The third kappa shape index (κ3) is 3.79. The monoisotopic (exact) mass is 293 g/mol. The fourth-order valence-corrected chi connectivity index (χ4v) is 4.17. The summed E-state index contributed by atoms with van der Waals surface area (Å²) >= 11 is 0. The maximum absolute atomic E-state index is 12.2. The molecule has 108 valence electrons. The van der Waals surface area contributed by atoms with Gasteiger partial charge in [0.2, 0.25) is 10.0 Å². The van der Waals surface area contributed by atoms with E-state index in [0.717, 1.165) is 19.3 Å². The van der Waals surface area contributed by atoms with Gasteiger partial charge in [-0.05, 0) is 43.0 Å². The lowest BCUT2D eigenvalue weighted by Gasteiger charge is -2.19. The molecule has 0 radical (unpaired) electrons. The third-order valence-electron chi connectivity index (χ3n) is 3.71. The lowest BCUT2D eigenvalue weighted by molar-refractivity contribution is 0.452. The van der Waals surface area contributed by atoms with Crippen LogP contribution in [0.3, 0.4) is 0 Å². The molecule has 1 aliphatic carbocycles. The molecule has 0 aliphatic heterocycles. The van der Waals surface area contributed by atoms with Crippen LogP contribution in [0.4, 0.5) is 0 Å². The molecule has 0 amide bonds. The summed E-state index contributed by atoms with van der Waals surface area (Å²) in [6.07, 6.45) is 2.84. The Balaban J connectivity index is 2.05. The number of nitrogens with zero attached hydrogens (tertiary/aromatic N) is 1. The SMILES string of the molecule is N#Cc1cccc(CS(=O)(=O)NC2CCCC2CN)c1. The Hall–Kier alpha value is -1.42. The summed E-state index contributed by atoms with van der Waals surface area (Å²) < 4.78 is 27.1. The summed E-state index contributed by atoms with van der Waals surface area (Å²) in [5, 5.41) is 8.83. The van der Waals surface area contributed by atoms with Crippen LogP contribution < -0.4 is 10.5 Å². The van der Waals surface area contributed by atoms with Crippen LogP contribution in [-0.2, 0) is 15.8 Å². The van der Waals surface area contributed by atoms with E-state index < -0.39 is 10.0 Å². The Kier molecular flexibility index (Phi) is 4.76. The van der Waals surface area contributed by atoms with Gasteiger partial charge >= 0.3 is 0 Å². The van der Waals surface area contributed by atoms with E-state index in [1.54, 1.807) is 24.3 Å². The van der Waals surface area contributed by atoms with E-state index in [2.05, 4.69) is 4.72 Å². The van der Waals surface area contributed by atoms with Gasteiger partial charge in [0, 0.05) is 6.04 Å². The molecule has 1 aliphatic rings. The van der Waals surface area contributed by atoms with Crippen molar-refractivity contribution in [2.24, 2.45) is 11.7 Å². The number of sulfonamides is 1. The number of nitriles is 1. The molecule has 2 atom stereocenters. The number of hydrogen-bond donors (Lipinski definition) is 2. The number of benzene rings is 1. The normalized spacial score (nSPS) is 22.6. The zero-order valence-electron chi connectivity index (χ0n) is 11.2. The quantitative estimate of drug-likeness (QED) is 0.849. The Morgan fingerprint density at radius 1 is 1.40 bits per heavy atom. The van der Waals surface area contributed by atoms with Gasteiger partial charge in [0.05, 0.1) is 17.4 Å². The predicted molar refractivity (Wildman–Crippen MR) is 77.1 cm³/mol. The van der Waals surface area contributed by atoms with Crippen molar-refractivity contribution < 1.29 is 8.42 Å². The molecule has 20 heavy (non-hydrogen) atoms. The number of hydrogen-bond acceptors (Lipinski definition) is 4. The average Bonchev–Trinajstić information content (AvgIpc) is 2.84. The van der Waals surface area contributed by atoms with E-state index >= 15 is 0 Å². The highest BCUT2D eigenvalue weighted by molar-refractivity contribution is 7.88. The van der Waals surface area contributed by atoms with Crippen molar-refractivity contribution >= 4 is 10.0 Å². The van der Waals surface area contributed by atoms with Crippen molar-refractivity contribution in [1.82, 2.24) is 4.72 Å². The van der Waals surface area contributed by atoms with Crippen molar-refractivity contribution in [2.75, 3.05) is 6.54 Å². The third-order valence-corrected chi connectivity index (χ3v) is 5.08. The van der Waals surface area contributed by atoms with E-state index in [0.29, 0.717) is 17.7 Å². The van der Waals surface area contributed by atoms with Gasteiger partial charge in [-0.15, -0.1) is 0 Å². The van der Waals surface area contributed by atoms with Gasteiger partial charge in [-0.3, -0.25) is 0 Å². The molecule has 0 bridgehead atoms. The molecular formula is C14H19N3O2S. The first-order valence-electron chi connectivity index (χ1n) is 6.73. The topological polar surface area (TPSA) is 96.0 Å². The van der Waals surface area contributed by atoms with E-state index in [1.165, 1.54) is 0 Å². The average molecular weight is 293 g/mol. The van der Waals surface area contributed by atoms with Crippen molar-refractivity contribution in [2.45, 2.75) is 31.1 Å². The fraction of sp³-hybridized carbons (Fsp3) is 0.500. The second-order valence-corrected chi connectivity index (χ2v) is 6.98. The highest BCUT2D eigenvalue weighted by Crippen LogP contribution is 2.25. The van der Waals surface area contributed by atoms with Crippen molar-refractivity contribution in [3.05, 3.63) is 35.4 Å². The summed E-state index contributed by atoms with van der Waals surface area (Å²) in [6.45, 7) is 0.511. The van der Waals surface area contributed by atoms with Gasteiger partial charge in [-0.1, -0.05) is 18.6 Å². The molecule has 1 aromatic carbocycles. The van der Waals surface area contributed by atoms with E-state index in [9.17, 15) is 8.42 Å². The van der Waals surface area contributed by atoms with Crippen LogP contribution in [0.25, 0.3) is 0 Å². The largest absolute Gasteiger partial charge is 0.330 e. The standard InChI is InChI=1S/C14H19N3O2S/c15-8-11-3-1-4-12(7-11)10-20(18,19)17-14-6-2-5-13(14)9-16/h1,3-4,7,13-14,17H,2,5-6,9-10,16H2. The van der Waals surface area contributed by atoms with Crippen LogP contribution in [0, 0.1) is 17.2 Å². The Morgan fingerprint density at radius 2 is 2.20 bits per heavy atom. The summed E-state index contributed by atoms with van der Waals surface area (Å²) in [7, 11) is -3.40. The van der Waals surface area contributed by atoms with Crippen molar-refractivity contribution in [1.29, 1.82) is 5.26 Å². The van der Waals surface area contributed by atoms with Crippen LogP contribution in [0.5, 0.6) is 0 Å². The highest BCUT2D eigenvalue weighted by Gasteiger charge is 2.29. The number of rotatable bonds is 5. The van der Waals surface area contributed by atoms with Crippen LogP contribution in [-0.4, -0.2) is 21.0 Å². The van der Waals surface area contributed by atoms with Crippen LogP contribution in [0.1, 0.15) is 30.4 Å². The van der Waals surface area contributed by atoms with Crippen LogP contribution in [0.2, 0.25) is 0 Å². The summed E-state index contributed by atoms with van der Waals surface area (Å²) in [5.41, 5.74) is 6.76. The molecule has 2 rings (SSSR count). The van der Waals surface area contributed by atoms with Crippen LogP contribution in [0.15, 0.2) is 24.3 Å². The molecule has 0 spiro atoms. The molecule has 3 N–H and O–H groups in total. The van der Waals surface area contributed by atoms with E-state index in [1.807, 2.05) is 6.07 Å². The lowest BCUT2D eigenvalue weighted by atomic mass is 10.1. The van der Waals surface area contributed by atoms with Gasteiger partial charge in [0.25, 0.3) is 0 Å². The van der Waals surface area contributed by atoms with E-state index in [-0.39, 0.29) is 17.7 Å². The highest BCUT2D eigenvalue weighted by atomic mass is 32.2. The predicted octanol–water partition coefficient (Wildman–Crippen LogP) is 1.11. The minimum absolute atomic E-state index is 0.0517. The lowest BCUT2D eigenvalue weighted by Crippen LogP contribution is -2.40. The Bertz CT molecular complexity index is 607. The number of nitrogens with one attached hydrogen (secondary N) is 1.